The second kappa shape index (κ2) is 6.10. The lowest BCUT2D eigenvalue weighted by Gasteiger charge is -2.20. The molecule has 0 saturated heterocycles. The molecule has 19 heavy (non-hydrogen) atoms. The number of rotatable bonds is 10. The molecule has 2 N–H and O–H groups in total. The molecule has 0 aliphatic heterocycles. The van der Waals surface area contributed by atoms with Gasteiger partial charge in [0.05, 0.1) is 5.75 Å². The number of unbranched alkanes of at least 4 members (excludes halogenated alkanes) is 1. The predicted molar refractivity (Wildman–Crippen MR) is 78.6 cm³/mol. The third kappa shape index (κ3) is 5.04. The van der Waals surface area contributed by atoms with Crippen molar-refractivity contribution in [2.24, 2.45) is 11.3 Å². The summed E-state index contributed by atoms with van der Waals surface area (Å²) in [6.45, 7) is 5.96. The first-order valence-electron chi connectivity index (χ1n) is 7.64. The minimum absolute atomic E-state index is 0.251. The van der Waals surface area contributed by atoms with Crippen molar-refractivity contribution in [3.8, 4) is 0 Å². The van der Waals surface area contributed by atoms with E-state index in [2.05, 4.69) is 23.9 Å². The van der Waals surface area contributed by atoms with Gasteiger partial charge in [-0.15, -0.1) is 0 Å². The van der Waals surface area contributed by atoms with E-state index >= 15 is 0 Å². The van der Waals surface area contributed by atoms with Crippen molar-refractivity contribution in [2.75, 3.05) is 18.8 Å². The highest BCUT2D eigenvalue weighted by Crippen LogP contribution is 2.51. The maximum Gasteiger partial charge on any atom is 0.211 e. The highest BCUT2D eigenvalue weighted by Gasteiger charge is 2.45. The van der Waals surface area contributed by atoms with Gasteiger partial charge in [-0.25, -0.2) is 13.1 Å². The number of nitrogens with one attached hydrogen (secondary N) is 2. The number of hydrogen-bond acceptors (Lipinski definition) is 3. The van der Waals surface area contributed by atoms with Crippen LogP contribution in [0.1, 0.15) is 52.4 Å². The van der Waals surface area contributed by atoms with Crippen molar-refractivity contribution in [3.05, 3.63) is 0 Å². The Morgan fingerprint density at radius 1 is 1.21 bits per heavy atom. The van der Waals surface area contributed by atoms with Crippen LogP contribution in [0.4, 0.5) is 0 Å². The van der Waals surface area contributed by atoms with E-state index in [0.29, 0.717) is 12.5 Å². The van der Waals surface area contributed by atoms with Crippen LogP contribution in [0, 0.1) is 11.3 Å². The summed E-state index contributed by atoms with van der Waals surface area (Å²) in [7, 11) is -3.07. The van der Waals surface area contributed by atoms with Crippen LogP contribution in [0.3, 0.4) is 0 Å². The molecule has 4 nitrogen and oxygen atoms in total. The maximum absolute atomic E-state index is 11.9. The summed E-state index contributed by atoms with van der Waals surface area (Å²) in [5.74, 6) is 0.839. The van der Waals surface area contributed by atoms with E-state index in [1.165, 1.54) is 25.7 Å². The fourth-order valence-electron chi connectivity index (χ4n) is 2.46. The molecule has 0 spiro atoms. The van der Waals surface area contributed by atoms with E-state index in [9.17, 15) is 8.42 Å². The minimum Gasteiger partial charge on any atom is -0.314 e. The summed E-state index contributed by atoms with van der Waals surface area (Å²) in [5, 5.41) is 3.41. The topological polar surface area (TPSA) is 58.2 Å². The Labute approximate surface area is 117 Å². The minimum atomic E-state index is -3.07. The highest BCUT2D eigenvalue weighted by molar-refractivity contribution is 7.89. The molecule has 2 rings (SSSR count). The average molecular weight is 288 g/mol. The lowest BCUT2D eigenvalue weighted by Crippen LogP contribution is -2.34. The molecule has 2 aliphatic carbocycles. The summed E-state index contributed by atoms with van der Waals surface area (Å²) in [6.07, 6.45) is 6.61. The molecule has 0 radical (unpaired) electrons. The van der Waals surface area contributed by atoms with E-state index in [1.807, 2.05) is 0 Å². The third-order valence-corrected chi connectivity index (χ3v) is 6.02. The molecule has 2 aliphatic rings. The van der Waals surface area contributed by atoms with Crippen LogP contribution < -0.4 is 10.0 Å². The van der Waals surface area contributed by atoms with Crippen molar-refractivity contribution >= 4 is 10.0 Å². The van der Waals surface area contributed by atoms with Crippen molar-refractivity contribution in [2.45, 2.75) is 58.4 Å². The fourth-order valence-corrected chi connectivity index (χ4v) is 3.69. The summed E-state index contributed by atoms with van der Waals surface area (Å²) in [6, 6.07) is 0.718. The van der Waals surface area contributed by atoms with E-state index in [-0.39, 0.29) is 11.2 Å². The van der Waals surface area contributed by atoms with Crippen LogP contribution in [-0.4, -0.2) is 33.3 Å². The smallest absolute Gasteiger partial charge is 0.211 e. The Balaban J connectivity index is 1.58. The molecule has 0 aromatic carbocycles. The van der Waals surface area contributed by atoms with Gasteiger partial charge >= 0.3 is 0 Å². The van der Waals surface area contributed by atoms with Crippen molar-refractivity contribution < 1.29 is 8.42 Å². The predicted octanol–water partition coefficient (Wildman–Crippen LogP) is 1.87. The Bertz CT molecular complexity index is 384. The van der Waals surface area contributed by atoms with Gasteiger partial charge in [-0.3, -0.25) is 0 Å². The molecule has 0 amide bonds. The van der Waals surface area contributed by atoms with E-state index in [4.69, 9.17) is 0 Å². The molecule has 112 valence electrons. The van der Waals surface area contributed by atoms with E-state index < -0.39 is 10.0 Å². The molecule has 0 unspecified atom stereocenters. The molecular formula is C14H28N2O2S. The Hall–Kier alpha value is -0.130. The van der Waals surface area contributed by atoms with Crippen molar-refractivity contribution in [3.63, 3.8) is 0 Å². The molecule has 0 bridgehead atoms. The van der Waals surface area contributed by atoms with Gasteiger partial charge in [0.25, 0.3) is 0 Å². The van der Waals surface area contributed by atoms with Crippen LogP contribution in [0.15, 0.2) is 0 Å². The monoisotopic (exact) mass is 288 g/mol. The first kappa shape index (κ1) is 15.3. The van der Waals surface area contributed by atoms with E-state index in [1.54, 1.807) is 0 Å². The lowest BCUT2D eigenvalue weighted by atomic mass is 9.93. The van der Waals surface area contributed by atoms with Gasteiger partial charge in [-0.1, -0.05) is 13.8 Å². The van der Waals surface area contributed by atoms with Crippen LogP contribution in [-0.2, 0) is 10.0 Å². The standard InChI is InChI=1S/C14H28N2O2S/c1-12(2)14(7-8-14)11-16-19(17,18)10-4-3-9-15-13-5-6-13/h12-13,15-16H,3-11H2,1-2H3. The molecule has 0 aromatic rings. The molecule has 5 heteroatoms. The van der Waals surface area contributed by atoms with Gasteiger partial charge in [0.15, 0.2) is 0 Å². The Morgan fingerprint density at radius 3 is 2.42 bits per heavy atom. The van der Waals surface area contributed by atoms with Gasteiger partial charge in [-0.05, 0) is 56.4 Å². The van der Waals surface area contributed by atoms with Crippen LogP contribution in [0.2, 0.25) is 0 Å². The molecule has 0 heterocycles. The SMILES string of the molecule is CC(C)C1(CNS(=O)(=O)CCCCNC2CC2)CC1. The average Bonchev–Trinajstić information content (AvgIpc) is 3.21. The summed E-state index contributed by atoms with van der Waals surface area (Å²) < 4.78 is 26.6. The van der Waals surface area contributed by atoms with Crippen LogP contribution in [0.25, 0.3) is 0 Å². The fraction of sp³-hybridized carbons (Fsp3) is 1.00. The molecule has 0 aromatic heterocycles. The number of sulfonamides is 1. The second-order valence-electron chi connectivity index (χ2n) is 6.59. The van der Waals surface area contributed by atoms with Gasteiger partial charge in [-0.2, -0.15) is 0 Å². The first-order chi connectivity index (χ1) is 8.94. The van der Waals surface area contributed by atoms with Crippen LogP contribution >= 0.6 is 0 Å². The zero-order valence-corrected chi connectivity index (χ0v) is 13.1. The summed E-state index contributed by atoms with van der Waals surface area (Å²) in [4.78, 5) is 0. The van der Waals surface area contributed by atoms with Gasteiger partial charge in [0, 0.05) is 12.6 Å². The van der Waals surface area contributed by atoms with E-state index in [0.717, 1.165) is 25.4 Å². The van der Waals surface area contributed by atoms with Gasteiger partial charge < -0.3 is 5.32 Å². The first-order valence-corrected chi connectivity index (χ1v) is 9.29. The second-order valence-corrected chi connectivity index (χ2v) is 8.52. The highest BCUT2D eigenvalue weighted by atomic mass is 32.2. The molecule has 2 saturated carbocycles. The Kier molecular flexibility index (Phi) is 4.90. The summed E-state index contributed by atoms with van der Waals surface area (Å²) in [5.41, 5.74) is 0.251. The molecule has 0 atom stereocenters. The Morgan fingerprint density at radius 2 is 1.89 bits per heavy atom. The summed E-state index contributed by atoms with van der Waals surface area (Å²) >= 11 is 0. The number of hydrogen-bond donors (Lipinski definition) is 2. The largest absolute Gasteiger partial charge is 0.314 e. The van der Waals surface area contributed by atoms with Crippen molar-refractivity contribution in [1.82, 2.24) is 10.0 Å². The van der Waals surface area contributed by atoms with Gasteiger partial charge in [0.1, 0.15) is 0 Å². The van der Waals surface area contributed by atoms with Gasteiger partial charge in [0.2, 0.25) is 10.0 Å². The zero-order valence-electron chi connectivity index (χ0n) is 12.2. The molecular weight excluding hydrogens is 260 g/mol. The maximum atomic E-state index is 11.9. The molecule has 2 fully saturated rings. The zero-order chi connectivity index (χ0) is 13.9. The lowest BCUT2D eigenvalue weighted by molar-refractivity contribution is 0.357. The third-order valence-electron chi connectivity index (χ3n) is 4.61. The quantitative estimate of drug-likeness (QED) is 0.603. The van der Waals surface area contributed by atoms with Crippen molar-refractivity contribution in [1.29, 1.82) is 0 Å². The normalized spacial score (nSPS) is 21.8. The van der Waals surface area contributed by atoms with Crippen LogP contribution in [0.5, 0.6) is 0 Å².